The van der Waals surface area contributed by atoms with Crippen LogP contribution in [0.4, 0.5) is 0 Å². The minimum absolute atomic E-state index is 0.0585. The largest absolute Gasteiger partial charge is 0.387 e. The molecule has 4 heteroatoms. The summed E-state index contributed by atoms with van der Waals surface area (Å²) < 4.78 is 0. The molecule has 0 spiro atoms. The van der Waals surface area contributed by atoms with E-state index >= 15 is 0 Å². The van der Waals surface area contributed by atoms with Crippen molar-refractivity contribution in [3.05, 3.63) is 95.6 Å². The molecule has 0 bridgehead atoms. The van der Waals surface area contributed by atoms with Crippen LogP contribution in [0.25, 0.3) is 11.1 Å². The van der Waals surface area contributed by atoms with Crippen LogP contribution in [0.1, 0.15) is 32.4 Å². The van der Waals surface area contributed by atoms with E-state index in [2.05, 4.69) is 0 Å². The van der Waals surface area contributed by atoms with Crippen molar-refractivity contribution in [1.82, 2.24) is 4.90 Å². The number of carbonyl (C=O) groups is 2. The maximum atomic E-state index is 12.4. The first-order chi connectivity index (χ1) is 12.6. The van der Waals surface area contributed by atoms with E-state index in [1.54, 1.807) is 24.3 Å². The van der Waals surface area contributed by atoms with Crippen LogP contribution < -0.4 is 0 Å². The standard InChI is InChI=1S/C22H17NO3/c24-20(14-23-21(25)18-8-4-5-9-19(18)22(23)26)17-12-10-16(11-13-17)15-6-2-1-3-7-15/h1-13,20,24H,14H2/t20-/m0/s1. The third-order valence-corrected chi connectivity index (χ3v) is 4.64. The van der Waals surface area contributed by atoms with Crippen molar-refractivity contribution in [2.75, 3.05) is 6.54 Å². The Morgan fingerprint density at radius 3 is 1.77 bits per heavy atom. The first-order valence-corrected chi connectivity index (χ1v) is 8.44. The van der Waals surface area contributed by atoms with Crippen molar-refractivity contribution in [2.24, 2.45) is 0 Å². The number of nitrogens with zero attached hydrogens (tertiary/aromatic N) is 1. The Bertz CT molecular complexity index is 929. The summed E-state index contributed by atoms with van der Waals surface area (Å²) in [6, 6.07) is 24.2. The van der Waals surface area contributed by atoms with Gasteiger partial charge in [0.05, 0.1) is 23.8 Å². The lowest BCUT2D eigenvalue weighted by atomic mass is 10.0. The van der Waals surface area contributed by atoms with Gasteiger partial charge in [-0.3, -0.25) is 14.5 Å². The second kappa shape index (κ2) is 6.58. The maximum Gasteiger partial charge on any atom is 0.261 e. The first kappa shape index (κ1) is 16.2. The van der Waals surface area contributed by atoms with E-state index < -0.39 is 6.10 Å². The minimum Gasteiger partial charge on any atom is -0.387 e. The second-order valence-corrected chi connectivity index (χ2v) is 6.27. The average Bonchev–Trinajstić information content (AvgIpc) is 2.94. The van der Waals surface area contributed by atoms with Crippen LogP contribution in [0, 0.1) is 0 Å². The van der Waals surface area contributed by atoms with E-state index in [1.807, 2.05) is 54.6 Å². The zero-order chi connectivity index (χ0) is 18.1. The molecule has 4 rings (SSSR count). The molecule has 0 saturated carbocycles. The number of rotatable bonds is 4. The molecule has 26 heavy (non-hydrogen) atoms. The van der Waals surface area contributed by atoms with Crippen molar-refractivity contribution >= 4 is 11.8 Å². The summed E-state index contributed by atoms with van der Waals surface area (Å²) in [4.78, 5) is 25.9. The molecule has 128 valence electrons. The SMILES string of the molecule is O=C1c2ccccc2C(=O)N1C[C@H](O)c1ccc(-c2ccccc2)cc1. The Morgan fingerprint density at radius 2 is 1.19 bits per heavy atom. The van der Waals surface area contributed by atoms with Crippen LogP contribution in [0.15, 0.2) is 78.9 Å². The summed E-state index contributed by atoms with van der Waals surface area (Å²) in [6.07, 6.45) is -0.929. The predicted octanol–water partition coefficient (Wildman–Crippen LogP) is 3.68. The topological polar surface area (TPSA) is 57.6 Å². The number of β-amino-alcohol motifs (C(OH)–C–C–N with tert-alkyl or cyclic N) is 1. The predicted molar refractivity (Wildman–Crippen MR) is 98.6 cm³/mol. The van der Waals surface area contributed by atoms with Crippen LogP contribution in [0.2, 0.25) is 0 Å². The van der Waals surface area contributed by atoms with Gasteiger partial charge in [-0.1, -0.05) is 66.7 Å². The highest BCUT2D eigenvalue weighted by molar-refractivity contribution is 6.21. The monoisotopic (exact) mass is 343 g/mol. The van der Waals surface area contributed by atoms with E-state index in [0.717, 1.165) is 16.0 Å². The quantitative estimate of drug-likeness (QED) is 0.735. The van der Waals surface area contributed by atoms with E-state index in [-0.39, 0.29) is 18.4 Å². The van der Waals surface area contributed by atoms with Gasteiger partial charge in [-0.15, -0.1) is 0 Å². The van der Waals surface area contributed by atoms with Gasteiger partial charge in [0.15, 0.2) is 0 Å². The lowest BCUT2D eigenvalue weighted by Crippen LogP contribution is -2.33. The smallest absolute Gasteiger partial charge is 0.261 e. The fourth-order valence-electron chi connectivity index (χ4n) is 3.21. The molecule has 1 aliphatic heterocycles. The second-order valence-electron chi connectivity index (χ2n) is 6.27. The highest BCUT2D eigenvalue weighted by Gasteiger charge is 2.36. The molecule has 4 nitrogen and oxygen atoms in total. The van der Waals surface area contributed by atoms with E-state index in [9.17, 15) is 14.7 Å². The number of fused-ring (bicyclic) bond motifs is 1. The average molecular weight is 343 g/mol. The highest BCUT2D eigenvalue weighted by atomic mass is 16.3. The van der Waals surface area contributed by atoms with Gasteiger partial charge < -0.3 is 5.11 Å². The summed E-state index contributed by atoms with van der Waals surface area (Å²) in [7, 11) is 0. The summed E-state index contributed by atoms with van der Waals surface area (Å²) in [5.41, 5.74) is 3.59. The molecule has 0 radical (unpaired) electrons. The Hall–Kier alpha value is -3.24. The van der Waals surface area contributed by atoms with Crippen LogP contribution in [0.3, 0.4) is 0 Å². The fraction of sp³-hybridized carbons (Fsp3) is 0.0909. The molecule has 0 aliphatic carbocycles. The van der Waals surface area contributed by atoms with E-state index in [1.165, 1.54) is 0 Å². The zero-order valence-electron chi connectivity index (χ0n) is 14.0. The van der Waals surface area contributed by atoms with Gasteiger partial charge in [0, 0.05) is 0 Å². The fourth-order valence-corrected chi connectivity index (χ4v) is 3.21. The van der Waals surface area contributed by atoms with Gasteiger partial charge in [-0.25, -0.2) is 0 Å². The van der Waals surface area contributed by atoms with Crippen molar-refractivity contribution < 1.29 is 14.7 Å². The number of amides is 2. The normalized spacial score (nSPS) is 14.4. The number of carbonyl (C=O) groups excluding carboxylic acids is 2. The molecule has 1 atom stereocenters. The summed E-state index contributed by atoms with van der Waals surface area (Å²) in [6.45, 7) is -0.0585. The van der Waals surface area contributed by atoms with Gasteiger partial charge in [0.1, 0.15) is 0 Å². The molecule has 2 amide bonds. The first-order valence-electron chi connectivity index (χ1n) is 8.44. The van der Waals surface area contributed by atoms with Gasteiger partial charge in [0.25, 0.3) is 11.8 Å². The molecule has 1 N–H and O–H groups in total. The molecule has 1 aliphatic rings. The Balaban J connectivity index is 1.52. The van der Waals surface area contributed by atoms with Crippen molar-refractivity contribution in [1.29, 1.82) is 0 Å². The lowest BCUT2D eigenvalue weighted by Gasteiger charge is -2.19. The molecular weight excluding hydrogens is 326 g/mol. The molecule has 3 aromatic rings. The van der Waals surface area contributed by atoms with Gasteiger partial charge >= 0.3 is 0 Å². The molecule has 0 fully saturated rings. The molecule has 0 unspecified atom stereocenters. The van der Waals surface area contributed by atoms with Crippen LogP contribution in [-0.4, -0.2) is 28.4 Å². The summed E-state index contributed by atoms with van der Waals surface area (Å²) >= 11 is 0. The number of aliphatic hydroxyl groups is 1. The third-order valence-electron chi connectivity index (χ3n) is 4.64. The number of hydrogen-bond donors (Lipinski definition) is 1. The molecule has 3 aromatic carbocycles. The third kappa shape index (κ3) is 2.80. The molecule has 0 aromatic heterocycles. The molecule has 1 heterocycles. The van der Waals surface area contributed by atoms with E-state index in [4.69, 9.17) is 0 Å². The van der Waals surface area contributed by atoms with Crippen LogP contribution >= 0.6 is 0 Å². The molecular formula is C22H17NO3. The van der Waals surface area contributed by atoms with Gasteiger partial charge in [-0.2, -0.15) is 0 Å². The number of aliphatic hydroxyl groups excluding tert-OH is 1. The number of benzene rings is 3. The van der Waals surface area contributed by atoms with Crippen molar-refractivity contribution in [3.63, 3.8) is 0 Å². The van der Waals surface area contributed by atoms with Crippen LogP contribution in [-0.2, 0) is 0 Å². The number of imide groups is 1. The van der Waals surface area contributed by atoms with Gasteiger partial charge in [0.2, 0.25) is 0 Å². The number of hydrogen-bond acceptors (Lipinski definition) is 3. The molecule has 0 saturated heterocycles. The lowest BCUT2D eigenvalue weighted by molar-refractivity contribution is 0.0543. The Morgan fingerprint density at radius 1 is 0.692 bits per heavy atom. The Labute approximate surface area is 151 Å². The summed E-state index contributed by atoms with van der Waals surface area (Å²) in [5.74, 6) is -0.712. The zero-order valence-corrected chi connectivity index (χ0v) is 14.0. The van der Waals surface area contributed by atoms with E-state index in [0.29, 0.717) is 16.7 Å². The van der Waals surface area contributed by atoms with Crippen molar-refractivity contribution in [3.8, 4) is 11.1 Å². The summed E-state index contributed by atoms with van der Waals surface area (Å²) in [5, 5.41) is 10.5. The highest BCUT2D eigenvalue weighted by Crippen LogP contribution is 2.26. The minimum atomic E-state index is -0.929. The van der Waals surface area contributed by atoms with Crippen LogP contribution in [0.5, 0.6) is 0 Å². The van der Waals surface area contributed by atoms with Gasteiger partial charge in [-0.05, 0) is 28.8 Å². The van der Waals surface area contributed by atoms with Crippen molar-refractivity contribution in [2.45, 2.75) is 6.10 Å². The Kier molecular flexibility index (Phi) is 4.11. The maximum absolute atomic E-state index is 12.4.